The van der Waals surface area contributed by atoms with Crippen LogP contribution < -0.4 is 10.3 Å². The molecule has 2 heterocycles. The van der Waals surface area contributed by atoms with E-state index in [0.717, 1.165) is 0 Å². The number of hydrogen-bond donors (Lipinski definition) is 3. The molecule has 1 saturated heterocycles. The number of rotatable bonds is 2. The van der Waals surface area contributed by atoms with E-state index in [2.05, 4.69) is 21.0 Å². The average molecular weight is 306 g/mol. The topological polar surface area (TPSA) is 105 Å². The summed E-state index contributed by atoms with van der Waals surface area (Å²) >= 11 is 2.57. The summed E-state index contributed by atoms with van der Waals surface area (Å²) in [6.45, 7) is -0.398. The molecule has 93 valence electrons. The van der Waals surface area contributed by atoms with Gasteiger partial charge in [-0.05, 0) is 0 Å². The zero-order valence-electron chi connectivity index (χ0n) is 8.63. The molecule has 1 aromatic heterocycles. The Kier molecular flexibility index (Phi) is 3.62. The van der Waals surface area contributed by atoms with Crippen LogP contribution in [0.3, 0.4) is 0 Å². The van der Waals surface area contributed by atoms with Crippen molar-refractivity contribution in [1.82, 2.24) is 9.55 Å². The quantitative estimate of drug-likeness (QED) is 0.493. The van der Waals surface area contributed by atoms with Gasteiger partial charge in [-0.25, -0.2) is 0 Å². The third-order valence-electron chi connectivity index (χ3n) is 2.60. The van der Waals surface area contributed by atoms with Crippen molar-refractivity contribution in [2.45, 2.75) is 24.5 Å². The Morgan fingerprint density at radius 2 is 2.18 bits per heavy atom. The second-order valence-electron chi connectivity index (χ2n) is 3.68. The molecule has 1 fully saturated rings. The summed E-state index contributed by atoms with van der Waals surface area (Å²) in [5.74, 6) is 0. The molecule has 17 heavy (non-hydrogen) atoms. The van der Waals surface area contributed by atoms with E-state index in [9.17, 15) is 15.0 Å². The van der Waals surface area contributed by atoms with E-state index >= 15 is 0 Å². The van der Waals surface area contributed by atoms with E-state index in [0.29, 0.717) is 0 Å². The van der Waals surface area contributed by atoms with Crippen molar-refractivity contribution < 1.29 is 20.1 Å². The van der Waals surface area contributed by atoms with E-state index in [-0.39, 0.29) is 4.72 Å². The van der Waals surface area contributed by atoms with Crippen LogP contribution in [0.2, 0.25) is 0 Å². The van der Waals surface area contributed by atoms with Crippen molar-refractivity contribution >= 4 is 20.7 Å². The van der Waals surface area contributed by atoms with Gasteiger partial charge in [-0.1, -0.05) is 0 Å². The van der Waals surface area contributed by atoms with Crippen LogP contribution in [0.4, 0.5) is 0 Å². The summed E-state index contributed by atoms with van der Waals surface area (Å²) in [7, 11) is 0. The third kappa shape index (κ3) is 2.28. The van der Waals surface area contributed by atoms with Gasteiger partial charge in [0.15, 0.2) is 0 Å². The predicted molar refractivity (Wildman–Crippen MR) is 56.9 cm³/mol. The molecule has 0 unspecified atom stereocenters. The molecule has 0 bridgehead atoms. The van der Waals surface area contributed by atoms with Crippen LogP contribution >= 0.6 is 0 Å². The van der Waals surface area contributed by atoms with Crippen LogP contribution in [0.25, 0.3) is 0 Å². The van der Waals surface area contributed by atoms with Crippen molar-refractivity contribution in [1.29, 1.82) is 0 Å². The van der Waals surface area contributed by atoms with Crippen molar-refractivity contribution in [2.24, 2.45) is 0 Å². The maximum absolute atomic E-state index is 11.0. The molecular weight excluding hydrogens is 295 g/mol. The molecular formula is C9H11N2O5Se. The Morgan fingerprint density at radius 1 is 1.47 bits per heavy atom. The van der Waals surface area contributed by atoms with E-state index in [1.54, 1.807) is 0 Å². The molecule has 1 aliphatic rings. The van der Waals surface area contributed by atoms with Crippen molar-refractivity contribution in [2.75, 3.05) is 6.61 Å². The predicted octanol–water partition coefficient (Wildman–Crippen LogP) is -3.35. The molecule has 0 spiro atoms. The zero-order valence-corrected chi connectivity index (χ0v) is 10.3. The first-order valence-electron chi connectivity index (χ1n) is 4.93. The van der Waals surface area contributed by atoms with Gasteiger partial charge in [0.05, 0.1) is 0 Å². The summed E-state index contributed by atoms with van der Waals surface area (Å²) < 4.78 is 6.93. The summed E-state index contributed by atoms with van der Waals surface area (Å²) in [6.07, 6.45) is -2.70. The molecule has 8 heteroatoms. The number of aromatic nitrogens is 2. The fraction of sp³-hybridized carbons (Fsp3) is 0.556. The zero-order chi connectivity index (χ0) is 12.6. The minimum atomic E-state index is -1.19. The molecule has 1 radical (unpaired) electrons. The Balaban J connectivity index is 2.32. The molecule has 0 saturated carbocycles. The van der Waals surface area contributed by atoms with Gasteiger partial charge in [0.25, 0.3) is 0 Å². The van der Waals surface area contributed by atoms with Crippen molar-refractivity contribution in [3.8, 4) is 0 Å². The standard InChI is InChI=1S/C9H11N2O5Se/c12-3-4-6(14)7(15)8(16-4)11-2-1-5(13)10-9(11)17/h1-2,4,6-8,12,14-15H,3H2/t4-,6-,7-,8-/m1/s1. The third-order valence-corrected chi connectivity index (χ3v) is 3.23. The van der Waals surface area contributed by atoms with Crippen LogP contribution in [0.1, 0.15) is 6.23 Å². The van der Waals surface area contributed by atoms with Crippen LogP contribution in [0.15, 0.2) is 17.1 Å². The van der Waals surface area contributed by atoms with E-state index < -0.39 is 36.7 Å². The Labute approximate surface area is 104 Å². The summed E-state index contributed by atoms with van der Waals surface area (Å²) in [4.78, 5) is 14.6. The first-order valence-corrected chi connectivity index (χ1v) is 5.79. The van der Waals surface area contributed by atoms with Gasteiger partial charge in [-0.15, -0.1) is 0 Å². The number of aliphatic hydroxyl groups excluding tert-OH is 3. The van der Waals surface area contributed by atoms with Crippen LogP contribution in [0, 0.1) is 0 Å². The molecule has 1 aliphatic heterocycles. The molecule has 0 aliphatic carbocycles. The molecule has 3 N–H and O–H groups in total. The van der Waals surface area contributed by atoms with Gasteiger partial charge in [0.2, 0.25) is 0 Å². The first-order chi connectivity index (χ1) is 8.04. The van der Waals surface area contributed by atoms with Crippen LogP contribution in [0.5, 0.6) is 0 Å². The Hall–Kier alpha value is -0.761. The van der Waals surface area contributed by atoms with Gasteiger partial charge in [-0.3, -0.25) is 0 Å². The van der Waals surface area contributed by atoms with Gasteiger partial charge >= 0.3 is 104 Å². The van der Waals surface area contributed by atoms with Crippen molar-refractivity contribution in [3.63, 3.8) is 0 Å². The molecule has 4 atom stereocenters. The number of ether oxygens (including phenoxy) is 1. The Morgan fingerprint density at radius 3 is 2.71 bits per heavy atom. The Bertz CT molecular complexity index is 465. The van der Waals surface area contributed by atoms with E-state index in [1.807, 2.05) is 0 Å². The van der Waals surface area contributed by atoms with Gasteiger partial charge in [0, 0.05) is 0 Å². The second-order valence-corrected chi connectivity index (χ2v) is 4.45. The minimum absolute atomic E-state index is 0.243. The molecule has 7 nitrogen and oxygen atoms in total. The molecule has 0 aromatic carbocycles. The molecule has 2 rings (SSSR count). The molecule has 0 amide bonds. The monoisotopic (exact) mass is 307 g/mol. The summed E-state index contributed by atoms with van der Waals surface area (Å²) in [6, 6.07) is 1.22. The number of nitrogens with zero attached hydrogens (tertiary/aromatic N) is 2. The van der Waals surface area contributed by atoms with E-state index in [1.165, 1.54) is 16.8 Å². The normalized spacial score (nSPS) is 32.9. The fourth-order valence-electron chi connectivity index (χ4n) is 1.70. The van der Waals surface area contributed by atoms with E-state index in [4.69, 9.17) is 9.84 Å². The maximum atomic E-state index is 11.0. The number of hydrogen-bond acceptors (Lipinski definition) is 6. The number of aliphatic hydroxyl groups is 3. The summed E-state index contributed by atoms with van der Waals surface area (Å²) in [5.41, 5.74) is -0.415. The molecule has 1 aromatic rings. The fourth-order valence-corrected chi connectivity index (χ4v) is 2.24. The first kappa shape index (κ1) is 12.7. The SMILES string of the molecule is O=c1ccn([C@@H]2O[C@H](CO)[C@@H](O)[C@H]2O)c([Se])n1. The van der Waals surface area contributed by atoms with Crippen LogP contribution in [-0.4, -0.2) is 65.8 Å². The van der Waals surface area contributed by atoms with Gasteiger partial charge in [-0.2, -0.15) is 0 Å². The van der Waals surface area contributed by atoms with Crippen LogP contribution in [-0.2, 0) is 4.74 Å². The average Bonchev–Trinajstić information content (AvgIpc) is 2.57. The van der Waals surface area contributed by atoms with Crippen molar-refractivity contribution in [3.05, 3.63) is 22.6 Å². The summed E-state index contributed by atoms with van der Waals surface area (Å²) in [5, 5.41) is 28.3. The van der Waals surface area contributed by atoms with Gasteiger partial charge < -0.3 is 0 Å². The second kappa shape index (κ2) is 4.85. The van der Waals surface area contributed by atoms with Gasteiger partial charge in [0.1, 0.15) is 0 Å².